The van der Waals surface area contributed by atoms with Crippen molar-refractivity contribution in [3.8, 4) is 10.6 Å². The molecule has 0 unspecified atom stereocenters. The van der Waals surface area contributed by atoms with Crippen molar-refractivity contribution in [2.24, 2.45) is 0 Å². The molecule has 0 saturated heterocycles. The Morgan fingerprint density at radius 3 is 2.67 bits per heavy atom. The quantitative estimate of drug-likeness (QED) is 0.945. The van der Waals surface area contributed by atoms with Crippen LogP contribution in [0.5, 0.6) is 0 Å². The van der Waals surface area contributed by atoms with E-state index in [2.05, 4.69) is 15.2 Å². The normalized spacial score (nSPS) is 14.3. The highest BCUT2D eigenvalue weighted by Crippen LogP contribution is 2.33. The Morgan fingerprint density at radius 2 is 2.00 bits per heavy atom. The van der Waals surface area contributed by atoms with E-state index < -0.39 is 0 Å². The van der Waals surface area contributed by atoms with Gasteiger partial charge in [0, 0.05) is 6.42 Å². The lowest BCUT2D eigenvalue weighted by molar-refractivity contribution is 0.0976. The van der Waals surface area contributed by atoms with Gasteiger partial charge in [0.25, 0.3) is 5.56 Å². The second-order valence-corrected chi connectivity index (χ2v) is 6.13. The number of thiazole rings is 1. The topological polar surface area (TPSA) is 75.7 Å². The summed E-state index contributed by atoms with van der Waals surface area (Å²) >= 11 is 1.35. The van der Waals surface area contributed by atoms with E-state index in [9.17, 15) is 9.59 Å². The molecule has 0 fully saturated rings. The van der Waals surface area contributed by atoms with Crippen LogP contribution in [-0.4, -0.2) is 21.0 Å². The highest BCUT2D eigenvalue weighted by molar-refractivity contribution is 7.17. The molecule has 0 radical (unpaired) electrons. The van der Waals surface area contributed by atoms with Crippen LogP contribution in [0, 0.1) is 0 Å². The molecule has 3 rings (SSSR count). The Balaban J connectivity index is 2.21. The lowest BCUT2D eigenvalue weighted by Gasteiger charge is -2.07. The summed E-state index contributed by atoms with van der Waals surface area (Å²) in [7, 11) is 0. The number of aryl methyl sites for hydroxylation is 2. The molecule has 0 spiro atoms. The first kappa shape index (κ1) is 14.1. The summed E-state index contributed by atoms with van der Waals surface area (Å²) in [6.07, 6.45) is 3.75. The van der Waals surface area contributed by atoms with E-state index >= 15 is 0 Å². The summed E-state index contributed by atoms with van der Waals surface area (Å²) in [5, 5.41) is 7.34. The SMILES string of the molecule is CCc1n[nH]c(=O)c(-c2nc3c(s2)C(=O)CCC3)c1CC. The molecule has 0 amide bonds. The maximum absolute atomic E-state index is 12.2. The number of ketones is 1. The first-order valence-electron chi connectivity index (χ1n) is 7.29. The number of carbonyl (C=O) groups excluding carboxylic acids is 1. The van der Waals surface area contributed by atoms with E-state index in [0.29, 0.717) is 17.0 Å². The van der Waals surface area contributed by atoms with E-state index in [1.54, 1.807) is 0 Å². The van der Waals surface area contributed by atoms with Gasteiger partial charge in [0.15, 0.2) is 5.78 Å². The number of nitrogens with one attached hydrogen (secondary N) is 1. The van der Waals surface area contributed by atoms with Gasteiger partial charge in [0.1, 0.15) is 5.01 Å². The first-order valence-corrected chi connectivity index (χ1v) is 8.11. The van der Waals surface area contributed by atoms with Gasteiger partial charge >= 0.3 is 0 Å². The summed E-state index contributed by atoms with van der Waals surface area (Å²) in [6, 6.07) is 0. The van der Waals surface area contributed by atoms with E-state index in [4.69, 9.17) is 0 Å². The van der Waals surface area contributed by atoms with Crippen LogP contribution in [0.3, 0.4) is 0 Å². The van der Waals surface area contributed by atoms with Gasteiger partial charge in [0.05, 0.1) is 21.8 Å². The van der Waals surface area contributed by atoms with Gasteiger partial charge in [-0.15, -0.1) is 11.3 Å². The van der Waals surface area contributed by atoms with Crippen molar-refractivity contribution in [1.29, 1.82) is 0 Å². The third-order valence-electron chi connectivity index (χ3n) is 3.84. The molecule has 1 aliphatic rings. The summed E-state index contributed by atoms with van der Waals surface area (Å²) in [4.78, 5) is 29.5. The van der Waals surface area contributed by atoms with Gasteiger partial charge in [-0.1, -0.05) is 13.8 Å². The van der Waals surface area contributed by atoms with Gasteiger partial charge in [0.2, 0.25) is 0 Å². The average Bonchev–Trinajstić information content (AvgIpc) is 2.91. The number of Topliss-reactive ketones (excluding diaryl/α,β-unsaturated/α-hetero) is 1. The number of aromatic amines is 1. The fourth-order valence-electron chi connectivity index (χ4n) is 2.80. The molecule has 1 N–H and O–H groups in total. The summed E-state index contributed by atoms with van der Waals surface area (Å²) in [5.41, 5.74) is 3.06. The van der Waals surface area contributed by atoms with Crippen LogP contribution in [0.25, 0.3) is 10.6 Å². The molecule has 0 atom stereocenters. The average molecular weight is 303 g/mol. The van der Waals surface area contributed by atoms with Gasteiger partial charge in [-0.2, -0.15) is 5.10 Å². The van der Waals surface area contributed by atoms with Crippen molar-refractivity contribution < 1.29 is 4.79 Å². The fourth-order valence-corrected chi connectivity index (χ4v) is 3.95. The summed E-state index contributed by atoms with van der Waals surface area (Å²) in [5.74, 6) is 0.152. The number of hydrogen-bond acceptors (Lipinski definition) is 5. The number of nitrogens with zero attached hydrogens (tertiary/aromatic N) is 2. The maximum atomic E-state index is 12.2. The summed E-state index contributed by atoms with van der Waals surface area (Å²) < 4.78 is 0. The Bertz CT molecular complexity index is 761. The smallest absolute Gasteiger partial charge is 0.274 e. The van der Waals surface area contributed by atoms with Gasteiger partial charge < -0.3 is 0 Å². The van der Waals surface area contributed by atoms with Crippen LogP contribution >= 0.6 is 11.3 Å². The van der Waals surface area contributed by atoms with Crippen molar-refractivity contribution in [3.05, 3.63) is 32.2 Å². The third kappa shape index (κ3) is 2.33. The standard InChI is InChI=1S/C15H17N3O2S/c1-3-8-9(4-2)17-18-14(20)12(8)15-16-10-6-5-7-11(19)13(10)21-15/h3-7H2,1-2H3,(H,18,20). The molecule has 2 aromatic heterocycles. The number of hydrogen-bond donors (Lipinski definition) is 1. The van der Waals surface area contributed by atoms with Crippen molar-refractivity contribution in [2.75, 3.05) is 0 Å². The Labute approximate surface area is 126 Å². The monoisotopic (exact) mass is 303 g/mol. The minimum Gasteiger partial charge on any atom is -0.293 e. The van der Waals surface area contributed by atoms with Crippen molar-refractivity contribution in [1.82, 2.24) is 15.2 Å². The molecule has 1 aliphatic carbocycles. The van der Waals surface area contributed by atoms with Crippen LogP contribution in [0.4, 0.5) is 0 Å². The number of carbonyl (C=O) groups is 1. The zero-order valence-electron chi connectivity index (χ0n) is 12.2. The third-order valence-corrected chi connectivity index (χ3v) is 5.00. The Hall–Kier alpha value is -1.82. The summed E-state index contributed by atoms with van der Waals surface area (Å²) in [6.45, 7) is 4.03. The number of H-pyrrole nitrogens is 1. The van der Waals surface area contributed by atoms with E-state index in [-0.39, 0.29) is 11.3 Å². The van der Waals surface area contributed by atoms with E-state index in [1.165, 1.54) is 11.3 Å². The molecule has 2 heterocycles. The van der Waals surface area contributed by atoms with Crippen LogP contribution in [0.2, 0.25) is 0 Å². The molecular weight excluding hydrogens is 286 g/mol. The van der Waals surface area contributed by atoms with Gasteiger partial charge in [-0.3, -0.25) is 9.59 Å². The van der Waals surface area contributed by atoms with Crippen LogP contribution < -0.4 is 5.56 Å². The molecule has 21 heavy (non-hydrogen) atoms. The van der Waals surface area contributed by atoms with Crippen LogP contribution in [-0.2, 0) is 19.3 Å². The first-order chi connectivity index (χ1) is 10.2. The molecule has 0 aromatic carbocycles. The zero-order chi connectivity index (χ0) is 15.0. The molecule has 2 aromatic rings. The second-order valence-electron chi connectivity index (χ2n) is 5.13. The minimum atomic E-state index is -0.220. The second kappa shape index (κ2) is 5.52. The Morgan fingerprint density at radius 1 is 1.19 bits per heavy atom. The number of fused-ring (bicyclic) bond motifs is 1. The lowest BCUT2D eigenvalue weighted by Crippen LogP contribution is -2.16. The maximum Gasteiger partial charge on any atom is 0.274 e. The largest absolute Gasteiger partial charge is 0.293 e. The number of rotatable bonds is 3. The molecule has 0 saturated carbocycles. The van der Waals surface area contributed by atoms with Crippen molar-refractivity contribution in [2.45, 2.75) is 46.0 Å². The van der Waals surface area contributed by atoms with Crippen LogP contribution in [0.1, 0.15) is 53.3 Å². The molecule has 110 valence electrons. The number of aromatic nitrogens is 3. The lowest BCUT2D eigenvalue weighted by atomic mass is 10.0. The molecule has 0 bridgehead atoms. The van der Waals surface area contributed by atoms with Gasteiger partial charge in [-0.25, -0.2) is 10.1 Å². The van der Waals surface area contributed by atoms with Crippen molar-refractivity contribution >= 4 is 17.1 Å². The highest BCUT2D eigenvalue weighted by Gasteiger charge is 2.25. The highest BCUT2D eigenvalue weighted by atomic mass is 32.1. The van der Waals surface area contributed by atoms with E-state index in [0.717, 1.165) is 47.5 Å². The molecular formula is C15H17N3O2S. The van der Waals surface area contributed by atoms with Gasteiger partial charge in [-0.05, 0) is 31.2 Å². The predicted octanol–water partition coefficient (Wildman–Crippen LogP) is 2.54. The van der Waals surface area contributed by atoms with Crippen molar-refractivity contribution in [3.63, 3.8) is 0 Å². The van der Waals surface area contributed by atoms with Crippen LogP contribution in [0.15, 0.2) is 4.79 Å². The molecule has 0 aliphatic heterocycles. The predicted molar refractivity (Wildman–Crippen MR) is 82.0 cm³/mol. The molecule has 6 heteroatoms. The minimum absolute atomic E-state index is 0.152. The molecule has 5 nitrogen and oxygen atoms in total. The van der Waals surface area contributed by atoms with E-state index in [1.807, 2.05) is 13.8 Å². The zero-order valence-corrected chi connectivity index (χ0v) is 13.0. The Kier molecular flexibility index (Phi) is 3.71. The fraction of sp³-hybridized carbons (Fsp3) is 0.467.